The molecule has 0 aromatic carbocycles. The largest absolute Gasteiger partial charge is 0.353 e. The first-order chi connectivity index (χ1) is 9.19. The third-order valence-corrected chi connectivity index (χ3v) is 3.69. The number of piperidine rings is 1. The Morgan fingerprint density at radius 1 is 1.21 bits per heavy atom. The van der Waals surface area contributed by atoms with E-state index in [-0.39, 0.29) is 17.7 Å². The van der Waals surface area contributed by atoms with Gasteiger partial charge in [0, 0.05) is 31.6 Å². The van der Waals surface area contributed by atoms with Crippen molar-refractivity contribution in [3.63, 3.8) is 0 Å². The molecule has 1 saturated heterocycles. The molecule has 0 aromatic heterocycles. The van der Waals surface area contributed by atoms with Gasteiger partial charge >= 0.3 is 0 Å². The molecule has 0 aromatic rings. The highest BCUT2D eigenvalue weighted by molar-refractivity contribution is 5.81. The fourth-order valence-corrected chi connectivity index (χ4v) is 2.34. The van der Waals surface area contributed by atoms with Crippen LogP contribution in [0.4, 0.5) is 0 Å². The number of nitrogens with one attached hydrogen (secondary N) is 2. The predicted molar refractivity (Wildman–Crippen MR) is 73.5 cm³/mol. The zero-order valence-electron chi connectivity index (χ0n) is 11.4. The van der Waals surface area contributed by atoms with Crippen molar-refractivity contribution in [2.24, 2.45) is 5.92 Å². The smallest absolute Gasteiger partial charge is 0.234 e. The van der Waals surface area contributed by atoms with Gasteiger partial charge in [0.05, 0.1) is 6.54 Å². The highest BCUT2D eigenvalue weighted by atomic mass is 16.2. The maximum Gasteiger partial charge on any atom is 0.234 e. The molecule has 2 amide bonds. The van der Waals surface area contributed by atoms with Gasteiger partial charge in [-0.1, -0.05) is 6.08 Å². The van der Waals surface area contributed by atoms with E-state index in [1.54, 1.807) is 6.08 Å². The lowest BCUT2D eigenvalue weighted by Gasteiger charge is -2.31. The number of likely N-dealkylation sites (tertiary alicyclic amines) is 1. The van der Waals surface area contributed by atoms with Gasteiger partial charge < -0.3 is 10.6 Å². The second-order valence-electron chi connectivity index (χ2n) is 5.43. The molecule has 1 aliphatic carbocycles. The third kappa shape index (κ3) is 4.67. The summed E-state index contributed by atoms with van der Waals surface area (Å²) in [6.45, 7) is 6.27. The molecule has 0 radical (unpaired) electrons. The predicted octanol–water partition coefficient (Wildman–Crippen LogP) is 0.279. The van der Waals surface area contributed by atoms with E-state index < -0.39 is 0 Å². The molecular weight excluding hydrogens is 242 g/mol. The van der Waals surface area contributed by atoms with Crippen LogP contribution in [0.25, 0.3) is 0 Å². The minimum atomic E-state index is 0.0420. The van der Waals surface area contributed by atoms with Crippen LogP contribution in [0.15, 0.2) is 12.7 Å². The molecule has 2 rings (SSSR count). The van der Waals surface area contributed by atoms with E-state index >= 15 is 0 Å². The number of amides is 2. The van der Waals surface area contributed by atoms with Crippen molar-refractivity contribution in [3.05, 3.63) is 12.7 Å². The Morgan fingerprint density at radius 3 is 2.47 bits per heavy atom. The molecule has 1 aliphatic heterocycles. The zero-order chi connectivity index (χ0) is 13.7. The van der Waals surface area contributed by atoms with E-state index in [1.807, 2.05) is 0 Å². The summed E-state index contributed by atoms with van der Waals surface area (Å²) in [5.74, 6) is 0.547. The number of hydrogen-bond acceptors (Lipinski definition) is 3. The number of rotatable bonds is 6. The van der Waals surface area contributed by atoms with E-state index in [2.05, 4.69) is 22.1 Å². The van der Waals surface area contributed by atoms with Crippen LogP contribution in [0.5, 0.6) is 0 Å². The van der Waals surface area contributed by atoms with Gasteiger partial charge in [-0.3, -0.25) is 14.5 Å². The Labute approximate surface area is 114 Å². The third-order valence-electron chi connectivity index (χ3n) is 3.69. The Kier molecular flexibility index (Phi) is 4.96. The molecular formula is C14H23N3O2. The Hall–Kier alpha value is -1.36. The average Bonchev–Trinajstić information content (AvgIpc) is 3.23. The van der Waals surface area contributed by atoms with Crippen LogP contribution < -0.4 is 10.6 Å². The van der Waals surface area contributed by atoms with Crippen molar-refractivity contribution in [1.82, 2.24) is 15.5 Å². The maximum absolute atomic E-state index is 11.7. The van der Waals surface area contributed by atoms with Crippen molar-refractivity contribution in [3.8, 4) is 0 Å². The van der Waals surface area contributed by atoms with Crippen LogP contribution in [0.2, 0.25) is 0 Å². The van der Waals surface area contributed by atoms with E-state index in [1.165, 1.54) is 0 Å². The summed E-state index contributed by atoms with van der Waals surface area (Å²) < 4.78 is 0. The van der Waals surface area contributed by atoms with Gasteiger partial charge in [0.1, 0.15) is 0 Å². The number of hydrogen-bond donors (Lipinski definition) is 2. The summed E-state index contributed by atoms with van der Waals surface area (Å²) in [5.41, 5.74) is 0. The quantitative estimate of drug-likeness (QED) is 0.678. The normalized spacial score (nSPS) is 20.8. The Bertz CT molecular complexity index is 345. The first kappa shape index (κ1) is 14.1. The first-order valence-corrected chi connectivity index (χ1v) is 7.09. The Morgan fingerprint density at radius 2 is 1.89 bits per heavy atom. The van der Waals surface area contributed by atoms with E-state index in [4.69, 9.17) is 0 Å². The van der Waals surface area contributed by atoms with Crippen molar-refractivity contribution >= 4 is 11.8 Å². The molecule has 5 heteroatoms. The lowest BCUT2D eigenvalue weighted by atomic mass is 10.0. The summed E-state index contributed by atoms with van der Waals surface area (Å²) in [4.78, 5) is 25.3. The summed E-state index contributed by atoms with van der Waals surface area (Å²) >= 11 is 0. The van der Waals surface area contributed by atoms with Gasteiger partial charge in [-0.25, -0.2) is 0 Å². The Balaban J connectivity index is 1.62. The van der Waals surface area contributed by atoms with Gasteiger partial charge in [-0.05, 0) is 25.7 Å². The van der Waals surface area contributed by atoms with E-state index in [0.717, 1.165) is 38.8 Å². The molecule has 0 unspecified atom stereocenters. The van der Waals surface area contributed by atoms with Crippen molar-refractivity contribution in [2.75, 3.05) is 26.2 Å². The summed E-state index contributed by atoms with van der Waals surface area (Å²) in [6.07, 6.45) is 5.65. The van der Waals surface area contributed by atoms with Crippen LogP contribution in [0.1, 0.15) is 25.7 Å². The van der Waals surface area contributed by atoms with Crippen LogP contribution in [-0.2, 0) is 9.59 Å². The number of nitrogens with zero attached hydrogens (tertiary/aromatic N) is 1. The second-order valence-corrected chi connectivity index (χ2v) is 5.43. The van der Waals surface area contributed by atoms with Gasteiger partial charge in [-0.2, -0.15) is 0 Å². The highest BCUT2D eigenvalue weighted by Crippen LogP contribution is 2.29. The van der Waals surface area contributed by atoms with E-state index in [9.17, 15) is 9.59 Å². The monoisotopic (exact) mass is 265 g/mol. The molecule has 0 bridgehead atoms. The molecule has 1 saturated carbocycles. The van der Waals surface area contributed by atoms with Gasteiger partial charge in [-0.15, -0.1) is 6.58 Å². The number of carbonyl (C=O) groups is 2. The summed E-state index contributed by atoms with van der Waals surface area (Å²) in [7, 11) is 0. The molecule has 2 fully saturated rings. The first-order valence-electron chi connectivity index (χ1n) is 7.09. The van der Waals surface area contributed by atoms with Gasteiger partial charge in [0.2, 0.25) is 11.8 Å². The maximum atomic E-state index is 11.7. The summed E-state index contributed by atoms with van der Waals surface area (Å²) in [5, 5.41) is 5.89. The molecule has 1 heterocycles. The molecule has 106 valence electrons. The molecule has 19 heavy (non-hydrogen) atoms. The molecule has 2 N–H and O–H groups in total. The molecule has 0 atom stereocenters. The molecule has 0 spiro atoms. The van der Waals surface area contributed by atoms with Crippen LogP contribution >= 0.6 is 0 Å². The lowest BCUT2D eigenvalue weighted by Crippen LogP contribution is -2.47. The van der Waals surface area contributed by atoms with E-state index in [0.29, 0.717) is 19.1 Å². The fourth-order valence-electron chi connectivity index (χ4n) is 2.34. The van der Waals surface area contributed by atoms with Crippen LogP contribution in [-0.4, -0.2) is 48.9 Å². The van der Waals surface area contributed by atoms with Crippen LogP contribution in [0, 0.1) is 5.92 Å². The highest BCUT2D eigenvalue weighted by Gasteiger charge is 2.31. The standard InChI is InChI=1S/C14H23N3O2/c1-2-7-15-13(18)10-17-8-5-12(6-9-17)16-14(19)11-3-4-11/h2,11-12H,1,3-10H2,(H,15,18)(H,16,19). The molecule has 2 aliphatic rings. The van der Waals surface area contributed by atoms with Gasteiger partial charge in [0.25, 0.3) is 0 Å². The number of carbonyl (C=O) groups excluding carboxylic acids is 2. The topological polar surface area (TPSA) is 61.4 Å². The second kappa shape index (κ2) is 6.70. The average molecular weight is 265 g/mol. The SMILES string of the molecule is C=CCNC(=O)CN1CCC(NC(=O)C2CC2)CC1. The van der Waals surface area contributed by atoms with Gasteiger partial charge in [0.15, 0.2) is 0 Å². The lowest BCUT2D eigenvalue weighted by molar-refractivity contribution is -0.124. The van der Waals surface area contributed by atoms with Crippen molar-refractivity contribution < 1.29 is 9.59 Å². The minimum absolute atomic E-state index is 0.0420. The fraction of sp³-hybridized carbons (Fsp3) is 0.714. The van der Waals surface area contributed by atoms with Crippen molar-refractivity contribution in [2.45, 2.75) is 31.7 Å². The minimum Gasteiger partial charge on any atom is -0.353 e. The van der Waals surface area contributed by atoms with Crippen LogP contribution in [0.3, 0.4) is 0 Å². The summed E-state index contributed by atoms with van der Waals surface area (Å²) in [6, 6.07) is 0.292. The van der Waals surface area contributed by atoms with Crippen molar-refractivity contribution in [1.29, 1.82) is 0 Å². The zero-order valence-corrected chi connectivity index (χ0v) is 11.4. The molecule has 5 nitrogen and oxygen atoms in total.